The van der Waals surface area contributed by atoms with Crippen LogP contribution in [0.1, 0.15) is 58.1 Å². The number of halogens is 1. The SMILES string of the molecule is O=C(c1ccc(Nc2cnc3c(c2)CCC3)nc1F)c1c[nH]c2ncnc(C3CC3)c12. The van der Waals surface area contributed by atoms with Crippen LogP contribution in [0.3, 0.4) is 0 Å². The maximum Gasteiger partial charge on any atom is 0.226 e. The number of aromatic nitrogens is 5. The molecule has 6 rings (SSSR count). The first-order chi connectivity index (χ1) is 15.2. The standard InChI is InChI=1S/C23H19FN6O/c24-22-15(6-7-18(30-22)29-14-8-13-2-1-3-17(13)25-9-14)21(31)16-10-26-23-19(16)20(12-4-5-12)27-11-28-23/h6-12H,1-5H2,(H,29,30)(H,26,27,28). The second-order valence-corrected chi connectivity index (χ2v) is 8.13. The molecule has 4 aromatic heterocycles. The summed E-state index contributed by atoms with van der Waals surface area (Å²) in [6, 6.07) is 5.10. The van der Waals surface area contributed by atoms with Gasteiger partial charge in [-0.3, -0.25) is 9.78 Å². The van der Waals surface area contributed by atoms with E-state index in [1.54, 1.807) is 18.5 Å². The Kier molecular flexibility index (Phi) is 4.05. The second-order valence-electron chi connectivity index (χ2n) is 8.13. The summed E-state index contributed by atoms with van der Waals surface area (Å²) >= 11 is 0. The summed E-state index contributed by atoms with van der Waals surface area (Å²) in [5.41, 5.74) is 4.84. The van der Waals surface area contributed by atoms with Crippen LogP contribution in [0.25, 0.3) is 11.0 Å². The van der Waals surface area contributed by atoms with E-state index in [-0.39, 0.29) is 5.56 Å². The minimum atomic E-state index is -0.816. The van der Waals surface area contributed by atoms with Crippen molar-refractivity contribution in [3.63, 3.8) is 0 Å². The van der Waals surface area contributed by atoms with Gasteiger partial charge in [0.15, 0.2) is 5.78 Å². The van der Waals surface area contributed by atoms with Crippen LogP contribution in [0, 0.1) is 5.95 Å². The average molecular weight is 414 g/mol. The lowest BCUT2D eigenvalue weighted by Gasteiger charge is -2.09. The van der Waals surface area contributed by atoms with Crippen LogP contribution >= 0.6 is 0 Å². The van der Waals surface area contributed by atoms with Crippen molar-refractivity contribution >= 4 is 28.3 Å². The smallest absolute Gasteiger partial charge is 0.226 e. The summed E-state index contributed by atoms with van der Waals surface area (Å²) in [6.45, 7) is 0. The molecule has 0 spiro atoms. The first kappa shape index (κ1) is 18.1. The Morgan fingerprint density at radius 3 is 2.87 bits per heavy atom. The summed E-state index contributed by atoms with van der Waals surface area (Å²) in [5.74, 6) is -0.583. The van der Waals surface area contributed by atoms with Gasteiger partial charge in [0.2, 0.25) is 5.95 Å². The van der Waals surface area contributed by atoms with Crippen molar-refractivity contribution in [2.75, 3.05) is 5.32 Å². The molecule has 2 aliphatic carbocycles. The molecule has 4 heterocycles. The van der Waals surface area contributed by atoms with E-state index < -0.39 is 11.7 Å². The van der Waals surface area contributed by atoms with Crippen molar-refractivity contribution < 1.29 is 9.18 Å². The highest BCUT2D eigenvalue weighted by atomic mass is 19.1. The Bertz CT molecular complexity index is 1340. The van der Waals surface area contributed by atoms with E-state index in [9.17, 15) is 9.18 Å². The van der Waals surface area contributed by atoms with Crippen molar-refractivity contribution in [1.29, 1.82) is 0 Å². The molecule has 154 valence electrons. The molecule has 0 unspecified atom stereocenters. The van der Waals surface area contributed by atoms with Gasteiger partial charge in [0, 0.05) is 17.8 Å². The van der Waals surface area contributed by atoms with Gasteiger partial charge in [-0.2, -0.15) is 4.39 Å². The Hall–Kier alpha value is -3.68. The molecule has 31 heavy (non-hydrogen) atoms. The molecule has 0 atom stereocenters. The number of hydrogen-bond acceptors (Lipinski definition) is 6. The highest BCUT2D eigenvalue weighted by Gasteiger charge is 2.30. The van der Waals surface area contributed by atoms with E-state index in [0.717, 1.165) is 49.2 Å². The quantitative estimate of drug-likeness (QED) is 0.375. The van der Waals surface area contributed by atoms with E-state index >= 15 is 0 Å². The lowest BCUT2D eigenvalue weighted by atomic mass is 10.0. The lowest BCUT2D eigenvalue weighted by Crippen LogP contribution is -2.08. The van der Waals surface area contributed by atoms with E-state index in [1.165, 1.54) is 18.0 Å². The average Bonchev–Trinajstić information content (AvgIpc) is 3.35. The minimum absolute atomic E-state index is 0.0795. The fourth-order valence-corrected chi connectivity index (χ4v) is 4.29. The third-order valence-electron chi connectivity index (χ3n) is 5.99. The molecule has 7 nitrogen and oxygen atoms in total. The molecule has 0 aromatic carbocycles. The number of carbonyl (C=O) groups is 1. The van der Waals surface area contributed by atoms with Crippen LogP contribution in [0.2, 0.25) is 0 Å². The van der Waals surface area contributed by atoms with E-state index in [1.807, 2.05) is 6.07 Å². The van der Waals surface area contributed by atoms with Gasteiger partial charge in [0.1, 0.15) is 17.8 Å². The van der Waals surface area contributed by atoms with Crippen molar-refractivity contribution in [3.05, 3.63) is 70.9 Å². The highest BCUT2D eigenvalue weighted by molar-refractivity contribution is 6.16. The fourth-order valence-electron chi connectivity index (χ4n) is 4.29. The number of nitrogens with one attached hydrogen (secondary N) is 2. The minimum Gasteiger partial charge on any atom is -0.345 e. The van der Waals surface area contributed by atoms with Gasteiger partial charge in [-0.05, 0) is 55.9 Å². The summed E-state index contributed by atoms with van der Waals surface area (Å²) < 4.78 is 14.9. The van der Waals surface area contributed by atoms with E-state index in [4.69, 9.17) is 0 Å². The molecule has 8 heteroatoms. The maximum atomic E-state index is 14.9. The molecule has 1 fully saturated rings. The Labute approximate surface area is 177 Å². The molecule has 1 saturated carbocycles. The Balaban J connectivity index is 1.31. The number of ketones is 1. The number of nitrogens with zero attached hydrogens (tertiary/aromatic N) is 4. The van der Waals surface area contributed by atoms with Gasteiger partial charge in [-0.15, -0.1) is 0 Å². The van der Waals surface area contributed by atoms with E-state index in [2.05, 4.69) is 30.2 Å². The zero-order chi connectivity index (χ0) is 20.9. The largest absolute Gasteiger partial charge is 0.345 e. The maximum absolute atomic E-state index is 14.9. The van der Waals surface area contributed by atoms with Gasteiger partial charge in [0.05, 0.1) is 34.1 Å². The number of hydrogen-bond donors (Lipinski definition) is 2. The van der Waals surface area contributed by atoms with Crippen molar-refractivity contribution in [2.45, 2.75) is 38.0 Å². The second kappa shape index (κ2) is 6.94. The third-order valence-corrected chi connectivity index (χ3v) is 5.99. The number of aryl methyl sites for hydroxylation is 2. The fraction of sp³-hybridized carbons (Fsp3) is 0.261. The van der Waals surface area contributed by atoms with Crippen LogP contribution in [0.15, 0.2) is 36.9 Å². The monoisotopic (exact) mass is 414 g/mol. The zero-order valence-corrected chi connectivity index (χ0v) is 16.7. The van der Waals surface area contributed by atoms with Crippen LogP contribution in [-0.2, 0) is 12.8 Å². The predicted molar refractivity (Wildman–Crippen MR) is 113 cm³/mol. The zero-order valence-electron chi connectivity index (χ0n) is 16.7. The molecular formula is C23H19FN6O. The molecule has 0 bridgehead atoms. The number of aromatic amines is 1. The van der Waals surface area contributed by atoms with E-state index in [0.29, 0.717) is 28.3 Å². The summed E-state index contributed by atoms with van der Waals surface area (Å²) in [6.07, 6.45) is 10.00. The van der Waals surface area contributed by atoms with Crippen LogP contribution in [0.5, 0.6) is 0 Å². The topological polar surface area (TPSA) is 96.5 Å². The first-order valence-electron chi connectivity index (χ1n) is 10.5. The molecule has 2 aliphatic rings. The summed E-state index contributed by atoms with van der Waals surface area (Å²) in [5, 5.41) is 3.77. The molecule has 0 radical (unpaired) electrons. The van der Waals surface area contributed by atoms with Gasteiger partial charge in [-0.25, -0.2) is 15.0 Å². The van der Waals surface area contributed by atoms with Crippen LogP contribution in [-0.4, -0.2) is 30.7 Å². The lowest BCUT2D eigenvalue weighted by molar-refractivity contribution is 0.103. The molecule has 2 N–H and O–H groups in total. The number of pyridine rings is 2. The number of rotatable bonds is 5. The number of fused-ring (bicyclic) bond motifs is 2. The number of carbonyl (C=O) groups excluding carboxylic acids is 1. The van der Waals surface area contributed by atoms with Crippen molar-refractivity contribution in [2.24, 2.45) is 0 Å². The normalized spacial score (nSPS) is 15.3. The molecular weight excluding hydrogens is 395 g/mol. The highest BCUT2D eigenvalue weighted by Crippen LogP contribution is 2.42. The Morgan fingerprint density at radius 1 is 1.13 bits per heavy atom. The number of anilines is 2. The van der Waals surface area contributed by atoms with Gasteiger partial charge < -0.3 is 10.3 Å². The number of H-pyrrole nitrogens is 1. The van der Waals surface area contributed by atoms with Gasteiger partial charge >= 0.3 is 0 Å². The summed E-state index contributed by atoms with van der Waals surface area (Å²) in [4.78, 5) is 33.2. The molecule has 0 amide bonds. The molecule has 4 aromatic rings. The van der Waals surface area contributed by atoms with Crippen molar-refractivity contribution in [3.8, 4) is 0 Å². The first-order valence-corrected chi connectivity index (χ1v) is 10.5. The predicted octanol–water partition coefficient (Wildman–Crippen LogP) is 4.23. The van der Waals surface area contributed by atoms with Gasteiger partial charge in [-0.1, -0.05) is 0 Å². The van der Waals surface area contributed by atoms with Crippen LogP contribution < -0.4 is 5.32 Å². The molecule has 0 aliphatic heterocycles. The third kappa shape index (κ3) is 3.15. The van der Waals surface area contributed by atoms with Gasteiger partial charge in [0.25, 0.3) is 0 Å². The Morgan fingerprint density at radius 2 is 2.03 bits per heavy atom. The summed E-state index contributed by atoms with van der Waals surface area (Å²) in [7, 11) is 0. The van der Waals surface area contributed by atoms with Crippen LogP contribution in [0.4, 0.5) is 15.9 Å². The molecule has 0 saturated heterocycles. The van der Waals surface area contributed by atoms with Crippen molar-refractivity contribution in [1.82, 2.24) is 24.9 Å².